The van der Waals surface area contributed by atoms with Gasteiger partial charge in [-0.1, -0.05) is 64.5 Å². The molecular weight excluding hydrogens is 446 g/mol. The van der Waals surface area contributed by atoms with E-state index in [2.05, 4.69) is 15.9 Å². The van der Waals surface area contributed by atoms with Crippen molar-refractivity contribution in [3.63, 3.8) is 0 Å². The highest BCUT2D eigenvalue weighted by Gasteiger charge is 2.47. The van der Waals surface area contributed by atoms with Gasteiger partial charge in [0.2, 0.25) is 0 Å². The van der Waals surface area contributed by atoms with E-state index in [9.17, 15) is 14.7 Å². The molecule has 1 N–H and O–H groups in total. The van der Waals surface area contributed by atoms with Crippen LogP contribution in [0.4, 0.5) is 5.69 Å². The van der Waals surface area contributed by atoms with Crippen molar-refractivity contribution < 1.29 is 19.4 Å². The predicted molar refractivity (Wildman–Crippen MR) is 118 cm³/mol. The lowest BCUT2D eigenvalue weighted by atomic mass is 9.94. The molecule has 0 bridgehead atoms. The molecule has 150 valence electrons. The molecule has 30 heavy (non-hydrogen) atoms. The quantitative estimate of drug-likeness (QED) is 0.332. The van der Waals surface area contributed by atoms with Crippen molar-refractivity contribution in [2.45, 2.75) is 6.04 Å². The molecule has 0 aliphatic carbocycles. The molecule has 1 amide bonds. The van der Waals surface area contributed by atoms with Crippen LogP contribution in [0, 0.1) is 0 Å². The number of ketones is 1. The Bertz CT molecular complexity index is 1140. The molecule has 1 aliphatic rings. The first-order chi connectivity index (χ1) is 14.5. The van der Waals surface area contributed by atoms with E-state index in [4.69, 9.17) is 4.74 Å². The van der Waals surface area contributed by atoms with Crippen LogP contribution in [-0.2, 0) is 9.59 Å². The minimum Gasteiger partial charge on any atom is -0.507 e. The van der Waals surface area contributed by atoms with Crippen LogP contribution in [-0.4, -0.2) is 23.9 Å². The Morgan fingerprint density at radius 1 is 0.933 bits per heavy atom. The van der Waals surface area contributed by atoms with Gasteiger partial charge in [-0.3, -0.25) is 14.5 Å². The standard InChI is InChI=1S/C24H18BrNO4/c1-30-19-10-6-5-9-18(19)21-20(22(27)15-11-13-16(25)14-12-15)23(28)24(29)26(21)17-7-3-2-4-8-17/h2-14,21,27H,1H3/b22-20-. The second-order valence-corrected chi connectivity index (χ2v) is 7.67. The van der Waals surface area contributed by atoms with Crippen LogP contribution in [0.3, 0.4) is 0 Å². The average molecular weight is 464 g/mol. The van der Waals surface area contributed by atoms with Crippen LogP contribution in [0.25, 0.3) is 5.76 Å². The van der Waals surface area contributed by atoms with Crippen molar-refractivity contribution in [1.29, 1.82) is 0 Å². The summed E-state index contributed by atoms with van der Waals surface area (Å²) in [6, 6.07) is 22.2. The van der Waals surface area contributed by atoms with Gasteiger partial charge in [-0.2, -0.15) is 0 Å². The molecule has 0 spiro atoms. The van der Waals surface area contributed by atoms with Crippen LogP contribution in [0.5, 0.6) is 5.75 Å². The number of Topliss-reactive ketones (excluding diaryl/α,β-unsaturated/α-hetero) is 1. The van der Waals surface area contributed by atoms with Crippen LogP contribution in [0.15, 0.2) is 88.9 Å². The number of nitrogens with zero attached hydrogens (tertiary/aromatic N) is 1. The fourth-order valence-corrected chi connectivity index (χ4v) is 3.90. The zero-order chi connectivity index (χ0) is 21.3. The van der Waals surface area contributed by atoms with E-state index in [1.165, 1.54) is 12.0 Å². The first kappa shape index (κ1) is 19.9. The maximum atomic E-state index is 13.1. The fraction of sp³-hybridized carbons (Fsp3) is 0.0833. The van der Waals surface area contributed by atoms with Gasteiger partial charge in [0.25, 0.3) is 11.7 Å². The number of carbonyl (C=O) groups excluding carboxylic acids is 2. The van der Waals surface area contributed by atoms with Gasteiger partial charge < -0.3 is 9.84 Å². The molecule has 3 aromatic carbocycles. The molecule has 1 unspecified atom stereocenters. The van der Waals surface area contributed by atoms with E-state index in [1.807, 2.05) is 18.2 Å². The van der Waals surface area contributed by atoms with Gasteiger partial charge in [0.05, 0.1) is 18.7 Å². The highest BCUT2D eigenvalue weighted by Crippen LogP contribution is 2.44. The molecule has 6 heteroatoms. The summed E-state index contributed by atoms with van der Waals surface area (Å²) in [5, 5.41) is 11.1. The number of para-hydroxylation sites is 2. The Kier molecular flexibility index (Phi) is 5.42. The summed E-state index contributed by atoms with van der Waals surface area (Å²) in [6.07, 6.45) is 0. The van der Waals surface area contributed by atoms with Gasteiger partial charge in [0.15, 0.2) is 0 Å². The Morgan fingerprint density at radius 2 is 1.57 bits per heavy atom. The third-order valence-electron chi connectivity index (χ3n) is 5.03. The largest absolute Gasteiger partial charge is 0.507 e. The lowest BCUT2D eigenvalue weighted by Crippen LogP contribution is -2.29. The number of anilines is 1. The van der Waals surface area contributed by atoms with Gasteiger partial charge in [-0.05, 0) is 30.3 Å². The van der Waals surface area contributed by atoms with E-state index in [-0.39, 0.29) is 11.3 Å². The van der Waals surface area contributed by atoms with Crippen molar-refractivity contribution in [2.24, 2.45) is 0 Å². The minimum atomic E-state index is -0.827. The molecule has 1 fully saturated rings. The number of aliphatic hydroxyl groups excluding tert-OH is 1. The summed E-state index contributed by atoms with van der Waals surface area (Å²) in [7, 11) is 1.53. The number of amides is 1. The molecule has 1 heterocycles. The smallest absolute Gasteiger partial charge is 0.300 e. The summed E-state index contributed by atoms with van der Waals surface area (Å²) in [5.74, 6) is -1.15. The van der Waals surface area contributed by atoms with Crippen LogP contribution >= 0.6 is 15.9 Å². The highest BCUT2D eigenvalue weighted by molar-refractivity contribution is 9.10. The maximum Gasteiger partial charge on any atom is 0.300 e. The number of ether oxygens (including phenoxy) is 1. The minimum absolute atomic E-state index is 0.0238. The third-order valence-corrected chi connectivity index (χ3v) is 5.56. The molecule has 4 rings (SSSR count). The molecule has 1 atom stereocenters. The number of hydrogen-bond acceptors (Lipinski definition) is 4. The van der Waals surface area contributed by atoms with Gasteiger partial charge in [0, 0.05) is 21.3 Å². The Morgan fingerprint density at radius 3 is 2.23 bits per heavy atom. The number of aliphatic hydroxyl groups is 1. The third kappa shape index (κ3) is 3.39. The zero-order valence-corrected chi connectivity index (χ0v) is 17.7. The number of hydrogen-bond donors (Lipinski definition) is 1. The SMILES string of the molecule is COc1ccccc1C1/C(=C(/O)c2ccc(Br)cc2)C(=O)C(=O)N1c1ccccc1. The molecular formula is C24H18BrNO4. The maximum absolute atomic E-state index is 13.1. The molecule has 1 aliphatic heterocycles. The van der Waals surface area contributed by atoms with Gasteiger partial charge >= 0.3 is 0 Å². The van der Waals surface area contributed by atoms with Gasteiger partial charge in [0.1, 0.15) is 11.5 Å². The Hall–Kier alpha value is -3.38. The molecule has 5 nitrogen and oxygen atoms in total. The van der Waals surface area contributed by atoms with E-state index in [0.717, 1.165) is 4.47 Å². The molecule has 3 aromatic rings. The van der Waals surface area contributed by atoms with Crippen molar-refractivity contribution in [1.82, 2.24) is 0 Å². The normalized spacial score (nSPS) is 17.9. The van der Waals surface area contributed by atoms with Crippen molar-refractivity contribution in [3.05, 3.63) is 100 Å². The Balaban J connectivity index is 1.98. The molecule has 1 saturated heterocycles. The second-order valence-electron chi connectivity index (χ2n) is 6.75. The first-order valence-electron chi connectivity index (χ1n) is 9.28. The summed E-state index contributed by atoms with van der Waals surface area (Å²) < 4.78 is 6.34. The molecule has 0 radical (unpaired) electrons. The topological polar surface area (TPSA) is 66.8 Å². The summed E-state index contributed by atoms with van der Waals surface area (Å²) in [4.78, 5) is 27.6. The molecule has 0 aromatic heterocycles. The summed E-state index contributed by atoms with van der Waals surface area (Å²) >= 11 is 3.36. The highest BCUT2D eigenvalue weighted by atomic mass is 79.9. The first-order valence-corrected chi connectivity index (χ1v) is 10.1. The van der Waals surface area contributed by atoms with E-state index in [1.54, 1.807) is 60.7 Å². The monoisotopic (exact) mass is 463 g/mol. The van der Waals surface area contributed by atoms with Gasteiger partial charge in [-0.15, -0.1) is 0 Å². The second kappa shape index (κ2) is 8.16. The lowest BCUT2D eigenvalue weighted by Gasteiger charge is -2.26. The molecule has 0 saturated carbocycles. The average Bonchev–Trinajstić information content (AvgIpc) is 3.04. The van der Waals surface area contributed by atoms with Crippen molar-refractivity contribution in [2.75, 3.05) is 12.0 Å². The number of halogens is 1. The zero-order valence-electron chi connectivity index (χ0n) is 16.1. The number of benzene rings is 3. The Labute approximate surface area is 182 Å². The van der Waals surface area contributed by atoms with Crippen LogP contribution in [0.1, 0.15) is 17.2 Å². The number of carbonyl (C=O) groups is 2. The summed E-state index contributed by atoms with van der Waals surface area (Å²) in [5.41, 5.74) is 1.65. The van der Waals surface area contributed by atoms with Crippen LogP contribution in [0.2, 0.25) is 0 Å². The van der Waals surface area contributed by atoms with Crippen molar-refractivity contribution >= 4 is 39.1 Å². The van der Waals surface area contributed by atoms with E-state index >= 15 is 0 Å². The van der Waals surface area contributed by atoms with Crippen molar-refractivity contribution in [3.8, 4) is 5.75 Å². The summed E-state index contributed by atoms with van der Waals surface area (Å²) in [6.45, 7) is 0. The van der Waals surface area contributed by atoms with E-state index in [0.29, 0.717) is 22.6 Å². The van der Waals surface area contributed by atoms with Gasteiger partial charge in [-0.25, -0.2) is 0 Å². The lowest BCUT2D eigenvalue weighted by molar-refractivity contribution is -0.132. The van der Waals surface area contributed by atoms with Crippen LogP contribution < -0.4 is 9.64 Å². The van der Waals surface area contributed by atoms with E-state index < -0.39 is 17.7 Å². The predicted octanol–water partition coefficient (Wildman–Crippen LogP) is 5.08. The fourth-order valence-electron chi connectivity index (χ4n) is 3.64. The number of methoxy groups -OCH3 is 1. The number of rotatable bonds is 4.